The summed E-state index contributed by atoms with van der Waals surface area (Å²) >= 11 is 0. The summed E-state index contributed by atoms with van der Waals surface area (Å²) in [6.07, 6.45) is 2.98. The van der Waals surface area contributed by atoms with Crippen LogP contribution in [0.25, 0.3) is 0 Å². The third-order valence-corrected chi connectivity index (χ3v) is 6.56. The number of carbonyl (C=O) groups excluding carboxylic acids is 2. The van der Waals surface area contributed by atoms with Crippen LogP contribution >= 0.6 is 0 Å². The summed E-state index contributed by atoms with van der Waals surface area (Å²) in [4.78, 5) is 25.1. The largest absolute Gasteiger partial charge is 0.338 e. The molecule has 1 atom stereocenters. The predicted molar refractivity (Wildman–Crippen MR) is 93.5 cm³/mol. The van der Waals surface area contributed by atoms with Crippen molar-refractivity contribution in [3.63, 3.8) is 0 Å². The van der Waals surface area contributed by atoms with Gasteiger partial charge in [0, 0.05) is 44.7 Å². The van der Waals surface area contributed by atoms with Gasteiger partial charge in [0.25, 0.3) is 0 Å². The maximum absolute atomic E-state index is 13.0. The average Bonchev–Trinajstić information content (AvgIpc) is 3.01. The van der Waals surface area contributed by atoms with Crippen LogP contribution in [-0.4, -0.2) is 55.1 Å². The summed E-state index contributed by atoms with van der Waals surface area (Å²) in [5.41, 5.74) is 0.455. The molecule has 2 aliphatic heterocycles. The summed E-state index contributed by atoms with van der Waals surface area (Å²) < 4.78 is 27.4. The number of anilines is 1. The van der Waals surface area contributed by atoms with Crippen LogP contribution in [0.15, 0.2) is 29.2 Å². The van der Waals surface area contributed by atoms with Crippen LogP contribution in [0, 0.1) is 0 Å². The zero-order chi connectivity index (χ0) is 18.0. The molecule has 0 spiro atoms. The van der Waals surface area contributed by atoms with Crippen LogP contribution in [-0.2, 0) is 19.6 Å². The predicted octanol–water partition coefficient (Wildman–Crippen LogP) is 1.42. The molecule has 1 N–H and O–H groups in total. The second kappa shape index (κ2) is 7.13. The Morgan fingerprint density at radius 3 is 2.72 bits per heavy atom. The van der Waals surface area contributed by atoms with Crippen LogP contribution in [0.2, 0.25) is 0 Å². The van der Waals surface area contributed by atoms with Gasteiger partial charge in [0.15, 0.2) is 0 Å². The van der Waals surface area contributed by atoms with Gasteiger partial charge >= 0.3 is 0 Å². The highest BCUT2D eigenvalue weighted by Crippen LogP contribution is 2.26. The zero-order valence-electron chi connectivity index (χ0n) is 14.3. The Kier molecular flexibility index (Phi) is 5.10. The second-order valence-corrected chi connectivity index (χ2v) is 8.50. The van der Waals surface area contributed by atoms with E-state index in [9.17, 15) is 18.0 Å². The molecule has 2 heterocycles. The number of sulfonamides is 1. The van der Waals surface area contributed by atoms with Gasteiger partial charge in [-0.1, -0.05) is 6.07 Å². The van der Waals surface area contributed by atoms with Crippen LogP contribution in [0.3, 0.4) is 0 Å². The molecular formula is C17H23N3O4S. The molecule has 25 heavy (non-hydrogen) atoms. The molecule has 0 aromatic heterocycles. The number of nitrogens with zero attached hydrogens (tertiary/aromatic N) is 2. The van der Waals surface area contributed by atoms with E-state index in [-0.39, 0.29) is 22.8 Å². The number of likely N-dealkylation sites (tertiary alicyclic amines) is 1. The Bertz CT molecular complexity index is 778. The average molecular weight is 365 g/mol. The summed E-state index contributed by atoms with van der Waals surface area (Å²) in [5, 5.41) is 2.60. The number of rotatable bonds is 4. The number of amides is 2. The van der Waals surface area contributed by atoms with E-state index in [4.69, 9.17) is 0 Å². The number of hydrogen-bond acceptors (Lipinski definition) is 4. The van der Waals surface area contributed by atoms with Gasteiger partial charge in [0.1, 0.15) is 0 Å². The van der Waals surface area contributed by atoms with Gasteiger partial charge in [-0.2, -0.15) is 4.31 Å². The number of hydrogen-bond donors (Lipinski definition) is 1. The topological polar surface area (TPSA) is 86.8 Å². The van der Waals surface area contributed by atoms with Crippen molar-refractivity contribution >= 4 is 27.5 Å². The van der Waals surface area contributed by atoms with E-state index in [0.717, 1.165) is 25.8 Å². The molecule has 0 saturated carbocycles. The number of nitrogens with one attached hydrogen (secondary N) is 1. The molecule has 1 aromatic carbocycles. The van der Waals surface area contributed by atoms with Crippen molar-refractivity contribution < 1.29 is 18.0 Å². The fourth-order valence-electron chi connectivity index (χ4n) is 3.54. The standard InChI is InChI=1S/C17H23N3O4S/c1-13(21)18-14-5-2-7-16(11-14)25(23,24)19-9-3-6-15(12-19)20-10-4-8-17(20)22/h2,5,7,11,15H,3-4,6,8-10,12H2,1H3,(H,18,21). The highest BCUT2D eigenvalue weighted by Gasteiger charge is 2.35. The molecule has 2 amide bonds. The molecular weight excluding hydrogens is 342 g/mol. The lowest BCUT2D eigenvalue weighted by atomic mass is 10.1. The lowest BCUT2D eigenvalue weighted by Crippen LogP contribution is -2.50. The molecule has 2 aliphatic rings. The summed E-state index contributed by atoms with van der Waals surface area (Å²) in [6.45, 7) is 2.88. The summed E-state index contributed by atoms with van der Waals surface area (Å²) in [5.74, 6) is -0.128. The number of piperidine rings is 1. The van der Waals surface area contributed by atoms with Gasteiger partial charge in [-0.3, -0.25) is 9.59 Å². The quantitative estimate of drug-likeness (QED) is 0.874. The van der Waals surface area contributed by atoms with Crippen LogP contribution in [0.4, 0.5) is 5.69 Å². The van der Waals surface area contributed by atoms with Gasteiger partial charge in [-0.15, -0.1) is 0 Å². The molecule has 0 aliphatic carbocycles. The third-order valence-electron chi connectivity index (χ3n) is 4.70. The van der Waals surface area contributed by atoms with Crippen molar-refractivity contribution in [2.45, 2.75) is 43.5 Å². The van der Waals surface area contributed by atoms with Gasteiger partial charge in [-0.25, -0.2) is 8.42 Å². The Balaban J connectivity index is 1.79. The van der Waals surface area contributed by atoms with E-state index in [1.165, 1.54) is 23.4 Å². The third kappa shape index (κ3) is 3.85. The van der Waals surface area contributed by atoms with Crippen molar-refractivity contribution in [3.8, 4) is 0 Å². The normalized spacial score (nSPS) is 22.2. The molecule has 3 rings (SSSR count). The Morgan fingerprint density at radius 2 is 2.04 bits per heavy atom. The SMILES string of the molecule is CC(=O)Nc1cccc(S(=O)(=O)N2CCCC(N3CCCC3=O)C2)c1. The minimum atomic E-state index is -3.66. The van der Waals surface area contributed by atoms with Crippen LogP contribution < -0.4 is 5.32 Å². The minimum Gasteiger partial charge on any atom is -0.338 e. The van der Waals surface area contributed by atoms with Gasteiger partial charge in [0.2, 0.25) is 21.8 Å². The second-order valence-electron chi connectivity index (χ2n) is 6.56. The van der Waals surface area contributed by atoms with E-state index in [1.807, 2.05) is 4.90 Å². The summed E-state index contributed by atoms with van der Waals surface area (Å²) in [6, 6.07) is 6.23. The van der Waals surface area contributed by atoms with E-state index in [1.54, 1.807) is 12.1 Å². The number of benzene rings is 1. The molecule has 0 radical (unpaired) electrons. The van der Waals surface area contributed by atoms with Gasteiger partial charge < -0.3 is 10.2 Å². The first-order chi connectivity index (χ1) is 11.9. The van der Waals surface area contributed by atoms with Crippen molar-refractivity contribution in [1.29, 1.82) is 0 Å². The fraction of sp³-hybridized carbons (Fsp3) is 0.529. The highest BCUT2D eigenvalue weighted by molar-refractivity contribution is 7.89. The van der Waals surface area contributed by atoms with Gasteiger partial charge in [0.05, 0.1) is 4.90 Å². The van der Waals surface area contributed by atoms with Crippen molar-refractivity contribution in [3.05, 3.63) is 24.3 Å². The number of carbonyl (C=O) groups is 2. The van der Waals surface area contributed by atoms with Crippen LogP contribution in [0.5, 0.6) is 0 Å². The molecule has 7 nitrogen and oxygen atoms in total. The molecule has 8 heteroatoms. The molecule has 2 fully saturated rings. The maximum atomic E-state index is 13.0. The summed E-state index contributed by atoms with van der Waals surface area (Å²) in [7, 11) is -3.66. The first-order valence-corrected chi connectivity index (χ1v) is 9.99. The van der Waals surface area contributed by atoms with E-state index >= 15 is 0 Å². The van der Waals surface area contributed by atoms with Crippen molar-refractivity contribution in [2.24, 2.45) is 0 Å². The Hall–Kier alpha value is -1.93. The van der Waals surface area contributed by atoms with E-state index in [2.05, 4.69) is 5.32 Å². The minimum absolute atomic E-state index is 0.0444. The van der Waals surface area contributed by atoms with E-state index < -0.39 is 10.0 Å². The molecule has 2 saturated heterocycles. The smallest absolute Gasteiger partial charge is 0.243 e. The highest BCUT2D eigenvalue weighted by atomic mass is 32.2. The van der Waals surface area contributed by atoms with Crippen LogP contribution in [0.1, 0.15) is 32.6 Å². The lowest BCUT2D eigenvalue weighted by Gasteiger charge is -2.36. The monoisotopic (exact) mass is 365 g/mol. The Morgan fingerprint density at radius 1 is 1.24 bits per heavy atom. The Labute approximate surface area is 148 Å². The lowest BCUT2D eigenvalue weighted by molar-refractivity contribution is -0.130. The van der Waals surface area contributed by atoms with Gasteiger partial charge in [-0.05, 0) is 37.5 Å². The first kappa shape index (κ1) is 17.9. The molecule has 0 bridgehead atoms. The van der Waals surface area contributed by atoms with Crippen molar-refractivity contribution in [2.75, 3.05) is 25.0 Å². The zero-order valence-corrected chi connectivity index (χ0v) is 15.1. The van der Waals surface area contributed by atoms with E-state index in [0.29, 0.717) is 25.2 Å². The fourth-order valence-corrected chi connectivity index (χ4v) is 5.10. The molecule has 136 valence electrons. The maximum Gasteiger partial charge on any atom is 0.243 e. The molecule has 1 aromatic rings. The first-order valence-electron chi connectivity index (χ1n) is 8.55. The molecule has 1 unspecified atom stereocenters. The van der Waals surface area contributed by atoms with Crippen molar-refractivity contribution in [1.82, 2.24) is 9.21 Å².